The van der Waals surface area contributed by atoms with Crippen LogP contribution in [0.4, 0.5) is 5.69 Å². The minimum atomic E-state index is -0.0152. The molecule has 3 nitrogen and oxygen atoms in total. The lowest BCUT2D eigenvalue weighted by molar-refractivity contribution is 0.0943. The van der Waals surface area contributed by atoms with Crippen LogP contribution in [-0.2, 0) is 5.41 Å². The predicted octanol–water partition coefficient (Wildman–Crippen LogP) is 5.72. The molecule has 1 amide bonds. The molecular weight excluding hydrogens is 367 g/mol. The van der Waals surface area contributed by atoms with E-state index in [0.717, 1.165) is 41.1 Å². The molecule has 0 aromatic heterocycles. The number of amides is 1. The van der Waals surface area contributed by atoms with Crippen LogP contribution in [0.3, 0.4) is 0 Å². The maximum absolute atomic E-state index is 12.4. The fourth-order valence-electron chi connectivity index (χ4n) is 3.93. The number of anilines is 1. The number of fused-ring (bicyclic) bond motifs is 2. The molecule has 1 unspecified atom stereocenters. The summed E-state index contributed by atoms with van der Waals surface area (Å²) in [5.74, 6) is -0.0152. The molecule has 1 aliphatic heterocycles. The molecule has 2 aliphatic rings. The van der Waals surface area contributed by atoms with Crippen LogP contribution in [0.5, 0.6) is 0 Å². The smallest absolute Gasteiger partial charge is 0.251 e. The first-order valence-corrected chi connectivity index (χ1v) is 9.80. The summed E-state index contributed by atoms with van der Waals surface area (Å²) in [6.45, 7) is 3.94. The van der Waals surface area contributed by atoms with E-state index in [2.05, 4.69) is 16.7 Å². The van der Waals surface area contributed by atoms with Gasteiger partial charge in [-0.05, 0) is 86.1 Å². The average molecular weight is 389 g/mol. The second-order valence-electron chi connectivity index (χ2n) is 7.74. The first kappa shape index (κ1) is 17.7. The molecule has 2 aromatic carbocycles. The van der Waals surface area contributed by atoms with Crippen molar-refractivity contribution in [1.29, 1.82) is 0 Å². The van der Waals surface area contributed by atoms with Crippen LogP contribution in [0.15, 0.2) is 36.4 Å². The van der Waals surface area contributed by atoms with Gasteiger partial charge in [0, 0.05) is 27.3 Å². The monoisotopic (exact) mass is 388 g/mol. The van der Waals surface area contributed by atoms with Crippen molar-refractivity contribution in [2.45, 2.75) is 50.6 Å². The number of rotatable bonds is 3. The van der Waals surface area contributed by atoms with Gasteiger partial charge in [-0.25, -0.2) is 0 Å². The summed E-state index contributed by atoms with van der Waals surface area (Å²) in [6, 6.07) is 11.9. The molecule has 0 saturated heterocycles. The van der Waals surface area contributed by atoms with Crippen LogP contribution < -0.4 is 10.6 Å². The predicted molar refractivity (Wildman–Crippen MR) is 107 cm³/mol. The molecular formula is C21H22Cl2N2O. The molecule has 1 spiro atoms. The summed E-state index contributed by atoms with van der Waals surface area (Å²) in [5, 5.41) is 8.01. The van der Waals surface area contributed by atoms with Crippen molar-refractivity contribution < 1.29 is 4.79 Å². The van der Waals surface area contributed by atoms with Crippen LogP contribution in [0.2, 0.25) is 10.0 Å². The first-order chi connectivity index (χ1) is 12.4. The lowest BCUT2D eigenvalue weighted by Crippen LogP contribution is -2.31. The van der Waals surface area contributed by atoms with E-state index < -0.39 is 0 Å². The van der Waals surface area contributed by atoms with Gasteiger partial charge in [-0.15, -0.1) is 0 Å². The zero-order valence-electron chi connectivity index (χ0n) is 14.9. The molecule has 1 atom stereocenters. The molecule has 2 N–H and O–H groups in total. The van der Waals surface area contributed by atoms with Crippen molar-refractivity contribution in [3.8, 4) is 0 Å². The highest BCUT2D eigenvalue weighted by Crippen LogP contribution is 2.59. The van der Waals surface area contributed by atoms with E-state index in [0.29, 0.717) is 5.02 Å². The molecule has 5 heteroatoms. The molecule has 1 heterocycles. The fraction of sp³-hybridized carbons (Fsp3) is 0.381. The number of hydrogen-bond donors (Lipinski definition) is 2. The molecule has 1 saturated carbocycles. The number of carbonyl (C=O) groups excluding carboxylic acids is 1. The lowest BCUT2D eigenvalue weighted by atomic mass is 9.81. The third-order valence-electron chi connectivity index (χ3n) is 5.38. The largest absolute Gasteiger partial charge is 0.378 e. The second kappa shape index (κ2) is 6.47. The van der Waals surface area contributed by atoms with Gasteiger partial charge in [-0.3, -0.25) is 4.79 Å². The van der Waals surface area contributed by atoms with Gasteiger partial charge in [-0.1, -0.05) is 23.2 Å². The zero-order valence-corrected chi connectivity index (χ0v) is 16.4. The summed E-state index contributed by atoms with van der Waals surface area (Å²) < 4.78 is 0. The molecule has 1 aliphatic carbocycles. The SMILES string of the molecule is CC(C)NC(=O)c1ccc2c(c1)C1(CC1)CC(c1cc(Cl)ccc1Cl)N2. The minimum absolute atomic E-state index is 0.0152. The van der Waals surface area contributed by atoms with Crippen molar-refractivity contribution in [3.63, 3.8) is 0 Å². The highest BCUT2D eigenvalue weighted by Gasteiger charge is 2.50. The molecule has 4 rings (SSSR count). The average Bonchev–Trinajstić information content (AvgIpc) is 3.36. The van der Waals surface area contributed by atoms with Crippen LogP contribution in [0.1, 0.15) is 60.6 Å². The Balaban J connectivity index is 1.68. The van der Waals surface area contributed by atoms with E-state index in [-0.39, 0.29) is 23.4 Å². The number of hydrogen-bond acceptors (Lipinski definition) is 2. The lowest BCUT2D eigenvalue weighted by Gasteiger charge is -2.34. The number of nitrogens with one attached hydrogen (secondary N) is 2. The van der Waals surface area contributed by atoms with Gasteiger partial charge in [0.1, 0.15) is 0 Å². The molecule has 0 bridgehead atoms. The van der Waals surface area contributed by atoms with E-state index in [1.54, 1.807) is 0 Å². The van der Waals surface area contributed by atoms with Crippen molar-refractivity contribution >= 4 is 34.8 Å². The quantitative estimate of drug-likeness (QED) is 0.705. The highest BCUT2D eigenvalue weighted by molar-refractivity contribution is 6.33. The van der Waals surface area contributed by atoms with Crippen LogP contribution >= 0.6 is 23.2 Å². The minimum Gasteiger partial charge on any atom is -0.378 e. The van der Waals surface area contributed by atoms with Crippen LogP contribution in [0, 0.1) is 0 Å². The van der Waals surface area contributed by atoms with Gasteiger partial charge in [0.25, 0.3) is 5.91 Å². The van der Waals surface area contributed by atoms with Gasteiger partial charge in [0.2, 0.25) is 0 Å². The molecule has 26 heavy (non-hydrogen) atoms. The van der Waals surface area contributed by atoms with Gasteiger partial charge < -0.3 is 10.6 Å². The summed E-state index contributed by atoms with van der Waals surface area (Å²) in [4.78, 5) is 12.4. The van der Waals surface area contributed by atoms with E-state index in [1.165, 1.54) is 5.56 Å². The molecule has 0 radical (unpaired) electrons. The zero-order chi connectivity index (χ0) is 18.5. The van der Waals surface area contributed by atoms with E-state index >= 15 is 0 Å². The maximum Gasteiger partial charge on any atom is 0.251 e. The first-order valence-electron chi connectivity index (χ1n) is 9.05. The van der Waals surface area contributed by atoms with E-state index in [4.69, 9.17) is 23.2 Å². The van der Waals surface area contributed by atoms with Crippen LogP contribution in [-0.4, -0.2) is 11.9 Å². The summed E-state index contributed by atoms with van der Waals surface area (Å²) >= 11 is 12.6. The Bertz CT molecular complexity index is 874. The maximum atomic E-state index is 12.4. The number of benzene rings is 2. The normalized spacial score (nSPS) is 19.8. The standard InChI is InChI=1S/C21H22Cl2N2O/c1-12(2)24-20(26)13-3-6-18-16(9-13)21(7-8-21)11-19(25-18)15-10-14(22)4-5-17(15)23/h3-6,9-10,12,19,25H,7-8,11H2,1-2H3,(H,24,26). The summed E-state index contributed by atoms with van der Waals surface area (Å²) in [5.41, 5.74) is 4.26. The third-order valence-corrected chi connectivity index (χ3v) is 5.96. The molecule has 2 aromatic rings. The van der Waals surface area contributed by atoms with Crippen molar-refractivity contribution in [2.24, 2.45) is 0 Å². The van der Waals surface area contributed by atoms with Gasteiger partial charge >= 0.3 is 0 Å². The van der Waals surface area contributed by atoms with Crippen LogP contribution in [0.25, 0.3) is 0 Å². The molecule has 1 fully saturated rings. The summed E-state index contributed by atoms with van der Waals surface area (Å²) in [6.07, 6.45) is 3.26. The third kappa shape index (κ3) is 3.19. The van der Waals surface area contributed by atoms with Gasteiger partial charge in [0.15, 0.2) is 0 Å². The van der Waals surface area contributed by atoms with Crippen molar-refractivity contribution in [1.82, 2.24) is 5.32 Å². The number of halogens is 2. The fourth-order valence-corrected chi connectivity index (χ4v) is 4.36. The van der Waals surface area contributed by atoms with Crippen molar-refractivity contribution in [2.75, 3.05) is 5.32 Å². The highest BCUT2D eigenvalue weighted by atomic mass is 35.5. The van der Waals surface area contributed by atoms with Gasteiger partial charge in [-0.2, -0.15) is 0 Å². The van der Waals surface area contributed by atoms with E-state index in [9.17, 15) is 4.79 Å². The Morgan fingerprint density at radius 1 is 1.19 bits per heavy atom. The Morgan fingerprint density at radius 3 is 2.65 bits per heavy atom. The number of carbonyl (C=O) groups is 1. The van der Waals surface area contributed by atoms with E-state index in [1.807, 2.05) is 44.2 Å². The van der Waals surface area contributed by atoms with Gasteiger partial charge in [0.05, 0.1) is 6.04 Å². The Labute approximate surface area is 164 Å². The Morgan fingerprint density at radius 2 is 1.96 bits per heavy atom. The second-order valence-corrected chi connectivity index (χ2v) is 8.58. The Hall–Kier alpha value is -1.71. The molecule has 136 valence electrons. The topological polar surface area (TPSA) is 41.1 Å². The van der Waals surface area contributed by atoms with Crippen molar-refractivity contribution in [3.05, 3.63) is 63.1 Å². The Kier molecular flexibility index (Phi) is 4.40. The summed E-state index contributed by atoms with van der Waals surface area (Å²) in [7, 11) is 0.